The number of nitrogens with one attached hydrogen (secondary N) is 1. The van der Waals surface area contributed by atoms with Gasteiger partial charge in [0, 0.05) is 29.4 Å². The molecule has 1 aromatic heterocycles. The largest absolute Gasteiger partial charge is 0.494 e. The highest BCUT2D eigenvalue weighted by molar-refractivity contribution is 5.94. The summed E-state index contributed by atoms with van der Waals surface area (Å²) in [6.45, 7) is 9.27. The third-order valence-corrected chi connectivity index (χ3v) is 3.62. The summed E-state index contributed by atoms with van der Waals surface area (Å²) in [5, 5.41) is 4.39. The number of aromatic nitrogens is 1. The standard InChI is InChI=1S/C17H23FN2O/c1-6-7-19-17-12-8-15(21-5)13(18)9-14(12)20-11(4)16(17)10(2)3/h8-10H,6-7H2,1-5H3,(H,19,20). The first-order valence-electron chi connectivity index (χ1n) is 7.41. The molecular formula is C17H23FN2O. The van der Waals surface area contributed by atoms with E-state index in [0.717, 1.165) is 29.7 Å². The van der Waals surface area contributed by atoms with Crippen LogP contribution in [0.15, 0.2) is 12.1 Å². The van der Waals surface area contributed by atoms with E-state index in [1.165, 1.54) is 18.7 Å². The first kappa shape index (κ1) is 15.5. The Balaban J connectivity index is 2.77. The summed E-state index contributed by atoms with van der Waals surface area (Å²) in [6, 6.07) is 3.18. The lowest BCUT2D eigenvalue weighted by Crippen LogP contribution is -2.08. The van der Waals surface area contributed by atoms with Crippen molar-refractivity contribution >= 4 is 16.6 Å². The van der Waals surface area contributed by atoms with Crippen molar-refractivity contribution in [2.24, 2.45) is 0 Å². The van der Waals surface area contributed by atoms with Gasteiger partial charge < -0.3 is 10.1 Å². The number of aryl methyl sites for hydroxylation is 1. The van der Waals surface area contributed by atoms with Gasteiger partial charge in [-0.3, -0.25) is 4.98 Å². The van der Waals surface area contributed by atoms with Crippen LogP contribution in [0, 0.1) is 12.7 Å². The number of benzene rings is 1. The number of pyridine rings is 1. The van der Waals surface area contributed by atoms with Crippen molar-refractivity contribution in [2.45, 2.75) is 40.0 Å². The second-order valence-corrected chi connectivity index (χ2v) is 5.57. The van der Waals surface area contributed by atoms with Crippen molar-refractivity contribution in [3.05, 3.63) is 29.2 Å². The van der Waals surface area contributed by atoms with E-state index in [9.17, 15) is 4.39 Å². The maximum absolute atomic E-state index is 13.9. The summed E-state index contributed by atoms with van der Waals surface area (Å²) in [4.78, 5) is 4.57. The summed E-state index contributed by atoms with van der Waals surface area (Å²) in [6.07, 6.45) is 1.03. The Morgan fingerprint density at radius 3 is 2.62 bits per heavy atom. The van der Waals surface area contributed by atoms with Crippen molar-refractivity contribution in [3.63, 3.8) is 0 Å². The number of fused-ring (bicyclic) bond motifs is 1. The minimum Gasteiger partial charge on any atom is -0.494 e. The van der Waals surface area contributed by atoms with Crippen LogP contribution in [-0.2, 0) is 0 Å². The molecule has 0 fully saturated rings. The summed E-state index contributed by atoms with van der Waals surface area (Å²) in [5.41, 5.74) is 3.84. The maximum atomic E-state index is 13.9. The van der Waals surface area contributed by atoms with Gasteiger partial charge in [-0.2, -0.15) is 0 Å². The fourth-order valence-electron chi connectivity index (χ4n) is 2.71. The van der Waals surface area contributed by atoms with Crippen LogP contribution in [0.25, 0.3) is 10.9 Å². The highest BCUT2D eigenvalue weighted by atomic mass is 19.1. The van der Waals surface area contributed by atoms with Gasteiger partial charge in [-0.1, -0.05) is 20.8 Å². The molecule has 0 bridgehead atoms. The number of hydrogen-bond donors (Lipinski definition) is 1. The van der Waals surface area contributed by atoms with Gasteiger partial charge in [0.15, 0.2) is 11.6 Å². The predicted molar refractivity (Wildman–Crippen MR) is 85.9 cm³/mol. The number of anilines is 1. The van der Waals surface area contributed by atoms with Crippen LogP contribution in [0.5, 0.6) is 5.75 Å². The topological polar surface area (TPSA) is 34.2 Å². The number of nitrogens with zero attached hydrogens (tertiary/aromatic N) is 1. The fourth-order valence-corrected chi connectivity index (χ4v) is 2.71. The summed E-state index contributed by atoms with van der Waals surface area (Å²) in [7, 11) is 1.48. The lowest BCUT2D eigenvalue weighted by Gasteiger charge is -2.20. The van der Waals surface area contributed by atoms with Gasteiger partial charge in [0.25, 0.3) is 0 Å². The molecule has 1 heterocycles. The molecule has 0 spiro atoms. The molecule has 3 nitrogen and oxygen atoms in total. The molecule has 2 rings (SSSR count). The zero-order valence-electron chi connectivity index (χ0n) is 13.4. The lowest BCUT2D eigenvalue weighted by molar-refractivity contribution is 0.387. The van der Waals surface area contributed by atoms with Crippen molar-refractivity contribution in [2.75, 3.05) is 19.0 Å². The molecule has 0 amide bonds. The van der Waals surface area contributed by atoms with Gasteiger partial charge in [0.1, 0.15) is 0 Å². The van der Waals surface area contributed by atoms with Gasteiger partial charge in [0.05, 0.1) is 12.6 Å². The minimum absolute atomic E-state index is 0.252. The summed E-state index contributed by atoms with van der Waals surface area (Å²) in [5.74, 6) is 0.218. The number of ether oxygens (including phenoxy) is 1. The molecule has 0 atom stereocenters. The van der Waals surface area contributed by atoms with Gasteiger partial charge in [0.2, 0.25) is 0 Å². The van der Waals surface area contributed by atoms with Gasteiger partial charge in [-0.25, -0.2) is 4.39 Å². The van der Waals surface area contributed by atoms with Gasteiger partial charge in [-0.05, 0) is 30.9 Å². The van der Waals surface area contributed by atoms with Crippen LogP contribution in [-0.4, -0.2) is 18.6 Å². The van der Waals surface area contributed by atoms with Gasteiger partial charge in [-0.15, -0.1) is 0 Å². The number of rotatable bonds is 5. The van der Waals surface area contributed by atoms with E-state index in [1.54, 1.807) is 6.07 Å². The highest BCUT2D eigenvalue weighted by Gasteiger charge is 2.17. The minimum atomic E-state index is -0.379. The average Bonchev–Trinajstić information content (AvgIpc) is 2.43. The molecule has 0 aliphatic carbocycles. The van der Waals surface area contributed by atoms with Gasteiger partial charge >= 0.3 is 0 Å². The zero-order chi connectivity index (χ0) is 15.6. The molecular weight excluding hydrogens is 267 g/mol. The third-order valence-electron chi connectivity index (χ3n) is 3.62. The van der Waals surface area contributed by atoms with E-state index in [2.05, 4.69) is 31.1 Å². The Morgan fingerprint density at radius 1 is 1.33 bits per heavy atom. The second kappa shape index (κ2) is 6.29. The van der Waals surface area contributed by atoms with E-state index in [-0.39, 0.29) is 11.6 Å². The predicted octanol–water partition coefficient (Wildman–Crippen LogP) is 4.64. The van der Waals surface area contributed by atoms with Crippen molar-refractivity contribution in [1.82, 2.24) is 4.98 Å². The smallest absolute Gasteiger partial charge is 0.167 e. The lowest BCUT2D eigenvalue weighted by atomic mass is 9.96. The molecule has 21 heavy (non-hydrogen) atoms. The molecule has 2 aromatic rings. The SMILES string of the molecule is CCCNc1c(C(C)C)c(C)nc2cc(F)c(OC)cc12. The summed E-state index contributed by atoms with van der Waals surface area (Å²) < 4.78 is 19.0. The molecule has 0 aliphatic heterocycles. The quantitative estimate of drug-likeness (QED) is 0.871. The average molecular weight is 290 g/mol. The molecule has 0 aliphatic rings. The first-order valence-corrected chi connectivity index (χ1v) is 7.41. The maximum Gasteiger partial charge on any atom is 0.167 e. The highest BCUT2D eigenvalue weighted by Crippen LogP contribution is 2.36. The first-order chi connectivity index (χ1) is 9.99. The van der Waals surface area contributed by atoms with Crippen LogP contribution in [0.2, 0.25) is 0 Å². The molecule has 0 saturated carbocycles. The summed E-state index contributed by atoms with van der Waals surface area (Å²) >= 11 is 0. The molecule has 4 heteroatoms. The third kappa shape index (κ3) is 2.94. The van der Waals surface area contributed by atoms with Crippen LogP contribution in [0.1, 0.15) is 44.4 Å². The van der Waals surface area contributed by atoms with Crippen LogP contribution >= 0.6 is 0 Å². The Kier molecular flexibility index (Phi) is 4.66. The Bertz CT molecular complexity index is 653. The second-order valence-electron chi connectivity index (χ2n) is 5.57. The van der Waals surface area contributed by atoms with E-state index in [1.807, 2.05) is 6.92 Å². The van der Waals surface area contributed by atoms with Crippen LogP contribution in [0.4, 0.5) is 10.1 Å². The van der Waals surface area contributed by atoms with E-state index in [4.69, 9.17) is 4.74 Å². The number of halogens is 1. The Labute approximate surface area is 125 Å². The fraction of sp³-hybridized carbons (Fsp3) is 0.471. The molecule has 1 N–H and O–H groups in total. The van der Waals surface area contributed by atoms with Crippen LogP contribution in [0.3, 0.4) is 0 Å². The van der Waals surface area contributed by atoms with Crippen molar-refractivity contribution in [3.8, 4) is 5.75 Å². The van der Waals surface area contributed by atoms with Crippen molar-refractivity contribution in [1.29, 1.82) is 0 Å². The molecule has 0 unspecified atom stereocenters. The molecule has 114 valence electrons. The molecule has 1 aromatic carbocycles. The molecule has 0 radical (unpaired) electrons. The zero-order valence-corrected chi connectivity index (χ0v) is 13.4. The Morgan fingerprint density at radius 2 is 2.05 bits per heavy atom. The van der Waals surface area contributed by atoms with Crippen molar-refractivity contribution < 1.29 is 9.13 Å². The molecule has 0 saturated heterocycles. The normalized spacial score (nSPS) is 11.2. The van der Waals surface area contributed by atoms with Crippen LogP contribution < -0.4 is 10.1 Å². The van der Waals surface area contributed by atoms with E-state index < -0.39 is 0 Å². The monoisotopic (exact) mass is 290 g/mol. The Hall–Kier alpha value is -1.84. The van der Waals surface area contributed by atoms with E-state index >= 15 is 0 Å². The number of hydrogen-bond acceptors (Lipinski definition) is 3. The van der Waals surface area contributed by atoms with E-state index in [0.29, 0.717) is 11.4 Å². The number of methoxy groups -OCH3 is 1.